The lowest BCUT2D eigenvalue weighted by Crippen LogP contribution is -2.27. The topological polar surface area (TPSA) is 52.6 Å². The van der Waals surface area contributed by atoms with E-state index < -0.39 is 0 Å². The molecule has 1 amide bonds. The first-order chi connectivity index (χ1) is 9.21. The molecule has 0 fully saturated rings. The van der Waals surface area contributed by atoms with Gasteiger partial charge in [0.1, 0.15) is 0 Å². The number of unbranched alkanes of at least 4 members (excludes halogenated alkanes) is 1. The zero-order valence-electron chi connectivity index (χ0n) is 11.9. The summed E-state index contributed by atoms with van der Waals surface area (Å²) in [6.07, 6.45) is 2.26. The maximum absolute atomic E-state index is 11.6. The fourth-order valence-corrected chi connectivity index (χ4v) is 2.01. The van der Waals surface area contributed by atoms with E-state index in [1.54, 1.807) is 7.05 Å². The number of hydrogen-bond acceptors (Lipinski definition) is 3. The first kappa shape index (κ1) is 15.7. The van der Waals surface area contributed by atoms with Gasteiger partial charge in [-0.3, -0.25) is 9.69 Å². The highest BCUT2D eigenvalue weighted by Crippen LogP contribution is 2.09. The average Bonchev–Trinajstić information content (AvgIpc) is 2.44. The van der Waals surface area contributed by atoms with E-state index >= 15 is 0 Å². The van der Waals surface area contributed by atoms with Crippen molar-refractivity contribution in [1.82, 2.24) is 10.2 Å². The summed E-state index contributed by atoms with van der Waals surface area (Å²) < 4.78 is 0. The van der Waals surface area contributed by atoms with Crippen molar-refractivity contribution in [1.29, 1.82) is 0 Å². The van der Waals surface area contributed by atoms with Crippen molar-refractivity contribution in [3.8, 4) is 0 Å². The van der Waals surface area contributed by atoms with Crippen LogP contribution in [0.15, 0.2) is 24.3 Å². The van der Waals surface area contributed by atoms with Crippen LogP contribution in [0.2, 0.25) is 0 Å². The van der Waals surface area contributed by atoms with Crippen LogP contribution in [-0.2, 0) is 6.54 Å². The first-order valence-corrected chi connectivity index (χ1v) is 6.85. The summed E-state index contributed by atoms with van der Waals surface area (Å²) in [4.78, 5) is 13.8. The fourth-order valence-electron chi connectivity index (χ4n) is 2.01. The molecule has 0 spiro atoms. The molecule has 19 heavy (non-hydrogen) atoms. The lowest BCUT2D eigenvalue weighted by Gasteiger charge is -2.21. The third-order valence-corrected chi connectivity index (χ3v) is 3.07. The highest BCUT2D eigenvalue weighted by molar-refractivity contribution is 5.94. The molecule has 1 aromatic carbocycles. The van der Waals surface area contributed by atoms with Crippen molar-refractivity contribution < 1.29 is 9.90 Å². The van der Waals surface area contributed by atoms with Gasteiger partial charge in [0.2, 0.25) is 0 Å². The van der Waals surface area contributed by atoms with Gasteiger partial charge in [-0.1, -0.05) is 25.5 Å². The minimum Gasteiger partial charge on any atom is -0.395 e. The van der Waals surface area contributed by atoms with Crippen molar-refractivity contribution in [2.45, 2.75) is 26.3 Å². The van der Waals surface area contributed by atoms with Gasteiger partial charge in [0, 0.05) is 25.7 Å². The summed E-state index contributed by atoms with van der Waals surface area (Å²) in [6, 6.07) is 7.64. The van der Waals surface area contributed by atoms with Crippen LogP contribution in [0, 0.1) is 0 Å². The zero-order chi connectivity index (χ0) is 14.1. The quantitative estimate of drug-likeness (QED) is 0.750. The fraction of sp³-hybridized carbons (Fsp3) is 0.533. The van der Waals surface area contributed by atoms with Gasteiger partial charge in [-0.05, 0) is 30.7 Å². The molecule has 1 aromatic rings. The molecule has 4 nitrogen and oxygen atoms in total. The van der Waals surface area contributed by atoms with E-state index in [0.717, 1.165) is 31.5 Å². The van der Waals surface area contributed by atoms with Crippen LogP contribution in [0.3, 0.4) is 0 Å². The molecule has 0 heterocycles. The Kier molecular flexibility index (Phi) is 7.15. The number of aliphatic hydroxyl groups is 1. The van der Waals surface area contributed by atoms with Gasteiger partial charge in [0.05, 0.1) is 6.61 Å². The Labute approximate surface area is 115 Å². The van der Waals surface area contributed by atoms with Crippen LogP contribution in [0.5, 0.6) is 0 Å². The van der Waals surface area contributed by atoms with E-state index in [1.165, 1.54) is 0 Å². The predicted octanol–water partition coefficient (Wildman–Crippen LogP) is 1.64. The largest absolute Gasteiger partial charge is 0.395 e. The van der Waals surface area contributed by atoms with Crippen LogP contribution < -0.4 is 5.32 Å². The molecule has 0 atom stereocenters. The molecule has 0 bridgehead atoms. The summed E-state index contributed by atoms with van der Waals surface area (Å²) in [5, 5.41) is 11.7. The van der Waals surface area contributed by atoms with E-state index in [2.05, 4.69) is 17.1 Å². The standard InChI is InChI=1S/C15H24N2O2/c1-3-4-8-17(9-10-18)12-13-6-5-7-14(11-13)15(19)16-2/h5-7,11,18H,3-4,8-10,12H2,1-2H3,(H,16,19). The lowest BCUT2D eigenvalue weighted by molar-refractivity contribution is 0.0963. The van der Waals surface area contributed by atoms with E-state index in [-0.39, 0.29) is 12.5 Å². The lowest BCUT2D eigenvalue weighted by atomic mass is 10.1. The number of rotatable bonds is 8. The van der Waals surface area contributed by atoms with Crippen molar-refractivity contribution in [2.24, 2.45) is 0 Å². The number of nitrogens with zero attached hydrogens (tertiary/aromatic N) is 1. The number of amides is 1. The second kappa shape index (κ2) is 8.67. The van der Waals surface area contributed by atoms with E-state index in [9.17, 15) is 4.79 Å². The van der Waals surface area contributed by atoms with Gasteiger partial charge < -0.3 is 10.4 Å². The summed E-state index contributed by atoms with van der Waals surface area (Å²) >= 11 is 0. The average molecular weight is 264 g/mol. The Morgan fingerprint density at radius 1 is 1.37 bits per heavy atom. The molecule has 0 saturated carbocycles. The molecule has 0 aromatic heterocycles. The van der Waals surface area contributed by atoms with E-state index in [4.69, 9.17) is 5.11 Å². The molecule has 0 aliphatic heterocycles. The molecule has 2 N–H and O–H groups in total. The minimum absolute atomic E-state index is 0.0656. The van der Waals surface area contributed by atoms with Crippen molar-refractivity contribution in [2.75, 3.05) is 26.7 Å². The Hall–Kier alpha value is -1.39. The van der Waals surface area contributed by atoms with E-state index in [1.807, 2.05) is 24.3 Å². The van der Waals surface area contributed by atoms with Gasteiger partial charge in [0.15, 0.2) is 0 Å². The SMILES string of the molecule is CCCCN(CCO)Cc1cccc(C(=O)NC)c1. The summed E-state index contributed by atoms with van der Waals surface area (Å²) in [5.41, 5.74) is 1.78. The van der Waals surface area contributed by atoms with Crippen LogP contribution in [0.25, 0.3) is 0 Å². The molecule has 0 radical (unpaired) electrons. The Balaban J connectivity index is 2.69. The summed E-state index contributed by atoms with van der Waals surface area (Å²) in [6.45, 7) is 4.74. The van der Waals surface area contributed by atoms with Crippen molar-refractivity contribution >= 4 is 5.91 Å². The third-order valence-electron chi connectivity index (χ3n) is 3.07. The Morgan fingerprint density at radius 2 is 2.16 bits per heavy atom. The second-order valence-corrected chi connectivity index (χ2v) is 4.63. The number of hydrogen-bond donors (Lipinski definition) is 2. The van der Waals surface area contributed by atoms with Crippen molar-refractivity contribution in [3.63, 3.8) is 0 Å². The number of benzene rings is 1. The second-order valence-electron chi connectivity index (χ2n) is 4.63. The smallest absolute Gasteiger partial charge is 0.251 e. The Morgan fingerprint density at radius 3 is 2.79 bits per heavy atom. The van der Waals surface area contributed by atoms with Gasteiger partial charge in [-0.25, -0.2) is 0 Å². The van der Waals surface area contributed by atoms with Crippen molar-refractivity contribution in [3.05, 3.63) is 35.4 Å². The monoisotopic (exact) mass is 264 g/mol. The van der Waals surface area contributed by atoms with Gasteiger partial charge in [-0.15, -0.1) is 0 Å². The number of carbonyl (C=O) groups is 1. The summed E-state index contributed by atoms with van der Waals surface area (Å²) in [7, 11) is 1.63. The summed E-state index contributed by atoms with van der Waals surface area (Å²) in [5.74, 6) is -0.0656. The number of aliphatic hydroxyl groups excluding tert-OH is 1. The molecule has 0 unspecified atom stereocenters. The highest BCUT2D eigenvalue weighted by atomic mass is 16.3. The maximum Gasteiger partial charge on any atom is 0.251 e. The number of carbonyl (C=O) groups excluding carboxylic acids is 1. The normalized spacial score (nSPS) is 10.7. The van der Waals surface area contributed by atoms with Gasteiger partial charge in [0.25, 0.3) is 5.91 Å². The Bertz CT molecular complexity index is 393. The van der Waals surface area contributed by atoms with Crippen LogP contribution >= 0.6 is 0 Å². The first-order valence-electron chi connectivity index (χ1n) is 6.85. The molecular weight excluding hydrogens is 240 g/mol. The van der Waals surface area contributed by atoms with Crippen LogP contribution in [0.4, 0.5) is 0 Å². The third kappa shape index (κ3) is 5.41. The molecule has 4 heteroatoms. The molecule has 106 valence electrons. The molecular formula is C15H24N2O2. The predicted molar refractivity (Wildman–Crippen MR) is 77.1 cm³/mol. The zero-order valence-corrected chi connectivity index (χ0v) is 11.9. The molecule has 0 saturated heterocycles. The molecule has 0 aliphatic rings. The van der Waals surface area contributed by atoms with Crippen LogP contribution in [-0.4, -0.2) is 42.7 Å². The number of nitrogens with one attached hydrogen (secondary N) is 1. The van der Waals surface area contributed by atoms with Crippen LogP contribution in [0.1, 0.15) is 35.7 Å². The highest BCUT2D eigenvalue weighted by Gasteiger charge is 2.07. The van der Waals surface area contributed by atoms with Gasteiger partial charge >= 0.3 is 0 Å². The van der Waals surface area contributed by atoms with Gasteiger partial charge in [-0.2, -0.15) is 0 Å². The molecule has 0 aliphatic carbocycles. The molecule has 1 rings (SSSR count). The minimum atomic E-state index is -0.0656. The van der Waals surface area contributed by atoms with E-state index in [0.29, 0.717) is 12.1 Å². The maximum atomic E-state index is 11.6.